The van der Waals surface area contributed by atoms with Crippen molar-refractivity contribution in [2.75, 3.05) is 52.2 Å². The number of carbonyl (C=O) groups is 1. The molecule has 6 heteroatoms. The zero-order valence-electron chi connectivity index (χ0n) is 15.7. The molecule has 2 rings (SSSR count). The molecule has 1 aromatic rings. The van der Waals surface area contributed by atoms with Gasteiger partial charge in [0.25, 0.3) is 0 Å². The van der Waals surface area contributed by atoms with Crippen molar-refractivity contribution in [2.24, 2.45) is 10.9 Å². The van der Waals surface area contributed by atoms with E-state index in [1.807, 2.05) is 6.07 Å². The zero-order chi connectivity index (χ0) is 18.1. The van der Waals surface area contributed by atoms with Crippen molar-refractivity contribution in [2.45, 2.75) is 19.3 Å². The first-order valence-corrected chi connectivity index (χ1v) is 9.05. The van der Waals surface area contributed by atoms with E-state index in [1.54, 1.807) is 19.0 Å². The molecule has 6 nitrogen and oxygen atoms in total. The Kier molecular flexibility index (Phi) is 7.57. The van der Waals surface area contributed by atoms with Gasteiger partial charge in [-0.3, -0.25) is 4.79 Å². The minimum atomic E-state index is 0.0105. The SMILES string of the molecule is CN(C)C(=O)CN=C(NCCCN(C)c1ccccc1)NCC1CC1. The largest absolute Gasteiger partial charge is 0.375 e. The summed E-state index contributed by atoms with van der Waals surface area (Å²) in [6.07, 6.45) is 3.58. The van der Waals surface area contributed by atoms with E-state index in [0.29, 0.717) is 0 Å². The quantitative estimate of drug-likeness (QED) is 0.405. The second-order valence-corrected chi connectivity index (χ2v) is 6.81. The van der Waals surface area contributed by atoms with Crippen LogP contribution in [-0.2, 0) is 4.79 Å². The molecule has 0 bridgehead atoms. The first-order valence-electron chi connectivity index (χ1n) is 9.05. The summed E-state index contributed by atoms with van der Waals surface area (Å²) in [5, 5.41) is 6.70. The molecule has 0 aliphatic heterocycles. The van der Waals surface area contributed by atoms with E-state index < -0.39 is 0 Å². The van der Waals surface area contributed by atoms with Crippen LogP contribution in [0, 0.1) is 5.92 Å². The number of para-hydroxylation sites is 1. The Bertz CT molecular complexity index is 554. The molecule has 1 saturated carbocycles. The van der Waals surface area contributed by atoms with Crippen LogP contribution in [0.4, 0.5) is 5.69 Å². The van der Waals surface area contributed by atoms with E-state index >= 15 is 0 Å². The maximum absolute atomic E-state index is 11.7. The molecule has 1 aliphatic carbocycles. The van der Waals surface area contributed by atoms with Gasteiger partial charge >= 0.3 is 0 Å². The molecule has 1 amide bonds. The van der Waals surface area contributed by atoms with Crippen LogP contribution in [0.2, 0.25) is 0 Å². The summed E-state index contributed by atoms with van der Waals surface area (Å²) in [7, 11) is 5.61. The van der Waals surface area contributed by atoms with Gasteiger partial charge in [0.15, 0.2) is 5.96 Å². The smallest absolute Gasteiger partial charge is 0.243 e. The average molecular weight is 345 g/mol. The lowest BCUT2D eigenvalue weighted by molar-refractivity contribution is -0.127. The predicted octanol–water partition coefficient (Wildman–Crippen LogP) is 1.55. The van der Waals surface area contributed by atoms with Crippen molar-refractivity contribution in [1.29, 1.82) is 0 Å². The molecule has 138 valence electrons. The van der Waals surface area contributed by atoms with Gasteiger partial charge in [0.1, 0.15) is 6.54 Å². The molecule has 1 aliphatic rings. The molecule has 1 aromatic carbocycles. The highest BCUT2D eigenvalue weighted by molar-refractivity contribution is 5.84. The van der Waals surface area contributed by atoms with E-state index in [4.69, 9.17) is 0 Å². The van der Waals surface area contributed by atoms with Gasteiger partial charge < -0.3 is 20.4 Å². The molecule has 0 atom stereocenters. The van der Waals surface area contributed by atoms with E-state index in [2.05, 4.69) is 51.8 Å². The van der Waals surface area contributed by atoms with E-state index in [1.165, 1.54) is 18.5 Å². The summed E-state index contributed by atoms with van der Waals surface area (Å²) in [6.45, 7) is 2.90. The molecular formula is C19H31N5O. The molecule has 0 saturated heterocycles. The lowest BCUT2D eigenvalue weighted by Gasteiger charge is -2.20. The van der Waals surface area contributed by atoms with E-state index in [-0.39, 0.29) is 12.5 Å². The molecule has 0 unspecified atom stereocenters. The highest BCUT2D eigenvalue weighted by Gasteiger charge is 2.21. The minimum absolute atomic E-state index is 0.0105. The molecule has 0 spiro atoms. The molecule has 0 radical (unpaired) electrons. The summed E-state index contributed by atoms with van der Waals surface area (Å²) < 4.78 is 0. The van der Waals surface area contributed by atoms with E-state index in [0.717, 1.165) is 37.9 Å². The van der Waals surface area contributed by atoms with E-state index in [9.17, 15) is 4.79 Å². The first-order chi connectivity index (χ1) is 12.1. The third kappa shape index (κ3) is 7.45. The Morgan fingerprint density at radius 1 is 1.16 bits per heavy atom. The lowest BCUT2D eigenvalue weighted by atomic mass is 10.3. The Morgan fingerprint density at radius 3 is 2.52 bits per heavy atom. The highest BCUT2D eigenvalue weighted by atomic mass is 16.2. The minimum Gasteiger partial charge on any atom is -0.375 e. The topological polar surface area (TPSA) is 60.0 Å². The number of hydrogen-bond acceptors (Lipinski definition) is 3. The van der Waals surface area contributed by atoms with Crippen molar-refractivity contribution in [1.82, 2.24) is 15.5 Å². The fourth-order valence-corrected chi connectivity index (χ4v) is 2.36. The number of benzene rings is 1. The second kappa shape index (κ2) is 9.91. The third-order valence-corrected chi connectivity index (χ3v) is 4.29. The summed E-state index contributed by atoms with van der Waals surface area (Å²) in [5.74, 6) is 1.52. The number of guanidine groups is 1. The third-order valence-electron chi connectivity index (χ3n) is 4.29. The van der Waals surface area contributed by atoms with Crippen LogP contribution in [0.1, 0.15) is 19.3 Å². The van der Waals surface area contributed by atoms with Crippen LogP contribution in [0.15, 0.2) is 35.3 Å². The summed E-state index contributed by atoms with van der Waals surface area (Å²) >= 11 is 0. The number of hydrogen-bond donors (Lipinski definition) is 2. The van der Waals surface area contributed by atoms with Gasteiger partial charge in [0, 0.05) is 46.5 Å². The van der Waals surface area contributed by atoms with Gasteiger partial charge in [-0.1, -0.05) is 18.2 Å². The van der Waals surface area contributed by atoms with Crippen molar-refractivity contribution in [3.05, 3.63) is 30.3 Å². The number of aliphatic imine (C=N–C) groups is 1. The van der Waals surface area contributed by atoms with Crippen molar-refractivity contribution >= 4 is 17.6 Å². The maximum atomic E-state index is 11.7. The molecule has 25 heavy (non-hydrogen) atoms. The normalized spacial score (nSPS) is 14.1. The van der Waals surface area contributed by atoms with Crippen molar-refractivity contribution in [3.63, 3.8) is 0 Å². The molecule has 0 heterocycles. The average Bonchev–Trinajstić information content (AvgIpc) is 3.44. The Balaban J connectivity index is 1.73. The fourth-order valence-electron chi connectivity index (χ4n) is 2.36. The Hall–Kier alpha value is -2.24. The van der Waals surface area contributed by atoms with Crippen molar-refractivity contribution < 1.29 is 4.79 Å². The number of nitrogens with zero attached hydrogens (tertiary/aromatic N) is 3. The van der Waals surface area contributed by atoms with Gasteiger partial charge in [-0.05, 0) is 37.3 Å². The van der Waals surface area contributed by atoms with Gasteiger partial charge in [-0.2, -0.15) is 0 Å². The van der Waals surface area contributed by atoms with Gasteiger partial charge in [0.05, 0.1) is 0 Å². The number of rotatable bonds is 9. The van der Waals surface area contributed by atoms with Crippen LogP contribution in [0.5, 0.6) is 0 Å². The predicted molar refractivity (Wildman–Crippen MR) is 104 cm³/mol. The Labute approximate surface area is 151 Å². The number of likely N-dealkylation sites (N-methyl/N-ethyl adjacent to an activating group) is 1. The number of nitrogens with one attached hydrogen (secondary N) is 2. The van der Waals surface area contributed by atoms with Crippen LogP contribution in [-0.4, -0.2) is 64.1 Å². The Morgan fingerprint density at radius 2 is 1.88 bits per heavy atom. The standard InChI is InChI=1S/C19H31N5O/c1-23(2)18(25)15-22-19(21-14-16-10-11-16)20-12-7-13-24(3)17-8-5-4-6-9-17/h4-6,8-9,16H,7,10-15H2,1-3H3,(H2,20,21,22). The summed E-state index contributed by atoms with van der Waals surface area (Å²) in [4.78, 5) is 19.9. The fraction of sp³-hybridized carbons (Fsp3) is 0.579. The summed E-state index contributed by atoms with van der Waals surface area (Å²) in [6, 6.07) is 10.4. The van der Waals surface area contributed by atoms with Crippen LogP contribution < -0.4 is 15.5 Å². The first kappa shape index (κ1) is 19.1. The van der Waals surface area contributed by atoms with Crippen LogP contribution in [0.25, 0.3) is 0 Å². The second-order valence-electron chi connectivity index (χ2n) is 6.81. The lowest BCUT2D eigenvalue weighted by Crippen LogP contribution is -2.40. The molecule has 0 aromatic heterocycles. The monoisotopic (exact) mass is 345 g/mol. The van der Waals surface area contributed by atoms with Gasteiger partial charge in [-0.15, -0.1) is 0 Å². The van der Waals surface area contributed by atoms with Crippen molar-refractivity contribution in [3.8, 4) is 0 Å². The van der Waals surface area contributed by atoms with Gasteiger partial charge in [-0.25, -0.2) is 4.99 Å². The molecule has 2 N–H and O–H groups in total. The maximum Gasteiger partial charge on any atom is 0.243 e. The summed E-state index contributed by atoms with van der Waals surface area (Å²) in [5.41, 5.74) is 1.22. The zero-order valence-corrected chi connectivity index (χ0v) is 15.7. The highest BCUT2D eigenvalue weighted by Crippen LogP contribution is 2.27. The molecular weight excluding hydrogens is 314 g/mol. The number of anilines is 1. The van der Waals surface area contributed by atoms with Crippen LogP contribution in [0.3, 0.4) is 0 Å². The number of amides is 1. The van der Waals surface area contributed by atoms with Gasteiger partial charge in [0.2, 0.25) is 5.91 Å². The number of carbonyl (C=O) groups excluding carboxylic acids is 1. The van der Waals surface area contributed by atoms with Crippen LogP contribution >= 0.6 is 0 Å². The molecule has 1 fully saturated rings.